The molecule has 2 aromatic carbocycles. The van der Waals surface area contributed by atoms with Gasteiger partial charge in [0, 0.05) is 16.7 Å². The Morgan fingerprint density at radius 2 is 1.52 bits per heavy atom. The minimum atomic E-state index is -0.476. The molecule has 6 heteroatoms. The van der Waals surface area contributed by atoms with Crippen LogP contribution >= 0.6 is 0 Å². The van der Waals surface area contributed by atoms with Crippen molar-refractivity contribution < 1.29 is 28.5 Å². The van der Waals surface area contributed by atoms with E-state index in [-0.39, 0.29) is 19.0 Å². The molecule has 2 aromatic rings. The van der Waals surface area contributed by atoms with Crippen molar-refractivity contribution in [3.8, 4) is 5.75 Å². The van der Waals surface area contributed by atoms with Gasteiger partial charge in [-0.3, -0.25) is 4.79 Å². The van der Waals surface area contributed by atoms with Crippen LogP contribution in [0.25, 0.3) is 0 Å². The zero-order valence-electron chi connectivity index (χ0n) is 16.8. The maximum Gasteiger partial charge on any atom is 0.333 e. The zero-order chi connectivity index (χ0) is 21.1. The molecule has 2 rings (SSSR count). The first-order valence-electron chi connectivity index (χ1n) is 9.36. The van der Waals surface area contributed by atoms with Crippen LogP contribution in [-0.4, -0.2) is 44.5 Å². The van der Waals surface area contributed by atoms with Gasteiger partial charge in [0.15, 0.2) is 12.1 Å². The van der Waals surface area contributed by atoms with E-state index in [0.717, 1.165) is 0 Å². The summed E-state index contributed by atoms with van der Waals surface area (Å²) in [5.41, 5.74) is 1.60. The number of hydrogen-bond donors (Lipinski definition) is 0. The molecular weight excluding hydrogens is 372 g/mol. The van der Waals surface area contributed by atoms with Crippen molar-refractivity contribution in [3.05, 3.63) is 77.9 Å². The van der Waals surface area contributed by atoms with Crippen LogP contribution in [0.15, 0.2) is 66.7 Å². The van der Waals surface area contributed by atoms with Crippen molar-refractivity contribution in [1.82, 2.24) is 0 Å². The third-order valence-electron chi connectivity index (χ3n) is 3.84. The lowest BCUT2D eigenvalue weighted by atomic mass is 10.0. The summed E-state index contributed by atoms with van der Waals surface area (Å²) in [6, 6.07) is 16.1. The van der Waals surface area contributed by atoms with Crippen LogP contribution in [0.4, 0.5) is 0 Å². The highest BCUT2D eigenvalue weighted by molar-refractivity contribution is 6.08. The molecule has 0 radical (unpaired) electrons. The Bertz CT molecular complexity index is 798. The quantitative estimate of drug-likeness (QED) is 0.178. The van der Waals surface area contributed by atoms with Crippen LogP contribution in [0.3, 0.4) is 0 Å². The molecule has 0 spiro atoms. The summed E-state index contributed by atoms with van der Waals surface area (Å²) in [6.45, 7) is 8.01. The number of benzene rings is 2. The Morgan fingerprint density at radius 1 is 0.897 bits per heavy atom. The molecule has 1 unspecified atom stereocenters. The second kappa shape index (κ2) is 11.8. The van der Waals surface area contributed by atoms with Crippen LogP contribution in [0, 0.1) is 0 Å². The van der Waals surface area contributed by atoms with Crippen LogP contribution in [0.5, 0.6) is 5.75 Å². The number of rotatable bonds is 12. The van der Waals surface area contributed by atoms with Gasteiger partial charge in [0.2, 0.25) is 0 Å². The maximum atomic E-state index is 12.4. The van der Waals surface area contributed by atoms with E-state index in [0.29, 0.717) is 35.7 Å². The molecule has 1 atom stereocenters. The highest BCUT2D eigenvalue weighted by atomic mass is 16.7. The van der Waals surface area contributed by atoms with Gasteiger partial charge in [-0.1, -0.05) is 36.9 Å². The number of esters is 1. The maximum absolute atomic E-state index is 12.4. The molecule has 0 saturated carbocycles. The highest BCUT2D eigenvalue weighted by Gasteiger charge is 2.10. The van der Waals surface area contributed by atoms with Crippen LogP contribution < -0.4 is 4.74 Å². The van der Waals surface area contributed by atoms with Gasteiger partial charge in [-0.05, 0) is 38.1 Å². The van der Waals surface area contributed by atoms with E-state index in [1.165, 1.54) is 0 Å². The Kier molecular flexibility index (Phi) is 9.08. The topological polar surface area (TPSA) is 71.1 Å². The molecule has 0 fully saturated rings. The number of hydrogen-bond acceptors (Lipinski definition) is 6. The van der Waals surface area contributed by atoms with Gasteiger partial charge in [-0.2, -0.15) is 0 Å². The molecule has 6 nitrogen and oxygen atoms in total. The molecule has 0 N–H and O–H groups in total. The average Bonchev–Trinajstić information content (AvgIpc) is 2.73. The standard InChI is InChI=1S/C23H26O6/c1-17(2)23(25)28-16-14-26-13-15-27-18(3)29-21-11-9-20(10-12-21)22(24)19-7-5-4-6-8-19/h4-12,18H,1,13-16H2,2-3H3. The van der Waals surface area contributed by atoms with Crippen molar-refractivity contribution in [2.75, 3.05) is 26.4 Å². The second-order valence-electron chi connectivity index (χ2n) is 6.30. The fraction of sp³-hybridized carbons (Fsp3) is 0.304. The normalized spacial score (nSPS) is 11.5. The van der Waals surface area contributed by atoms with E-state index in [4.69, 9.17) is 18.9 Å². The van der Waals surface area contributed by atoms with Crippen LogP contribution in [0.1, 0.15) is 29.8 Å². The van der Waals surface area contributed by atoms with Crippen molar-refractivity contribution >= 4 is 11.8 Å². The van der Waals surface area contributed by atoms with Crippen molar-refractivity contribution in [2.45, 2.75) is 20.1 Å². The van der Waals surface area contributed by atoms with Gasteiger partial charge in [0.1, 0.15) is 12.4 Å². The van der Waals surface area contributed by atoms with Gasteiger partial charge in [0.05, 0.1) is 19.8 Å². The van der Waals surface area contributed by atoms with E-state index < -0.39 is 12.3 Å². The monoisotopic (exact) mass is 398 g/mol. The third-order valence-corrected chi connectivity index (χ3v) is 3.84. The molecular formula is C23H26O6. The van der Waals surface area contributed by atoms with E-state index in [2.05, 4.69) is 6.58 Å². The van der Waals surface area contributed by atoms with Crippen molar-refractivity contribution in [3.63, 3.8) is 0 Å². The Labute approximate surface area is 171 Å². The number of ketones is 1. The predicted octanol–water partition coefficient (Wildman–Crippen LogP) is 3.79. The number of carbonyl (C=O) groups excluding carboxylic acids is 2. The van der Waals surface area contributed by atoms with Gasteiger partial charge in [-0.25, -0.2) is 4.79 Å². The summed E-state index contributed by atoms with van der Waals surface area (Å²) in [5.74, 6) is 0.144. The van der Waals surface area contributed by atoms with E-state index in [1.807, 2.05) is 18.2 Å². The first kappa shape index (κ1) is 22.3. The lowest BCUT2D eigenvalue weighted by molar-refractivity contribution is -0.140. The molecule has 154 valence electrons. The summed E-state index contributed by atoms with van der Waals surface area (Å²) in [5, 5.41) is 0. The second-order valence-corrected chi connectivity index (χ2v) is 6.30. The fourth-order valence-corrected chi connectivity index (χ4v) is 2.36. The molecule has 0 aliphatic heterocycles. The molecule has 0 amide bonds. The van der Waals surface area contributed by atoms with E-state index in [1.54, 1.807) is 50.2 Å². The largest absolute Gasteiger partial charge is 0.465 e. The summed E-state index contributed by atoms with van der Waals surface area (Å²) >= 11 is 0. The van der Waals surface area contributed by atoms with Crippen molar-refractivity contribution in [1.29, 1.82) is 0 Å². The molecule has 0 heterocycles. The number of carbonyl (C=O) groups is 2. The van der Waals surface area contributed by atoms with Gasteiger partial charge < -0.3 is 18.9 Å². The van der Waals surface area contributed by atoms with Crippen LogP contribution in [-0.2, 0) is 19.0 Å². The van der Waals surface area contributed by atoms with Gasteiger partial charge in [-0.15, -0.1) is 0 Å². The molecule has 0 saturated heterocycles. The summed E-state index contributed by atoms with van der Waals surface area (Å²) in [4.78, 5) is 23.6. The molecule has 0 aliphatic rings. The van der Waals surface area contributed by atoms with Gasteiger partial charge in [0.25, 0.3) is 0 Å². The molecule has 0 aromatic heterocycles. The fourth-order valence-electron chi connectivity index (χ4n) is 2.36. The van der Waals surface area contributed by atoms with Crippen molar-refractivity contribution in [2.24, 2.45) is 0 Å². The highest BCUT2D eigenvalue weighted by Crippen LogP contribution is 2.17. The third kappa shape index (κ3) is 7.89. The SMILES string of the molecule is C=C(C)C(=O)OCCOCCOC(C)Oc1ccc(C(=O)c2ccccc2)cc1. The van der Waals surface area contributed by atoms with Crippen LogP contribution in [0.2, 0.25) is 0 Å². The smallest absolute Gasteiger partial charge is 0.333 e. The lowest BCUT2D eigenvalue weighted by Crippen LogP contribution is -2.20. The summed E-state index contributed by atoms with van der Waals surface area (Å²) < 4.78 is 21.4. The first-order chi connectivity index (χ1) is 14.0. The predicted molar refractivity (Wildman–Crippen MR) is 109 cm³/mol. The summed E-state index contributed by atoms with van der Waals surface area (Å²) in [7, 11) is 0. The Balaban J connectivity index is 1.65. The zero-order valence-corrected chi connectivity index (χ0v) is 16.8. The van der Waals surface area contributed by atoms with E-state index in [9.17, 15) is 9.59 Å². The Morgan fingerprint density at radius 3 is 2.17 bits per heavy atom. The first-order valence-corrected chi connectivity index (χ1v) is 9.36. The average molecular weight is 398 g/mol. The number of ether oxygens (including phenoxy) is 4. The summed E-state index contributed by atoms with van der Waals surface area (Å²) in [6.07, 6.45) is -0.476. The lowest BCUT2D eigenvalue weighted by Gasteiger charge is -2.15. The van der Waals surface area contributed by atoms with Gasteiger partial charge >= 0.3 is 5.97 Å². The minimum Gasteiger partial charge on any atom is -0.465 e. The van der Waals surface area contributed by atoms with E-state index >= 15 is 0 Å². The minimum absolute atomic E-state index is 0.0347. The Hall–Kier alpha value is -2.96. The molecule has 29 heavy (non-hydrogen) atoms. The molecule has 0 aliphatic carbocycles. The molecule has 0 bridgehead atoms.